The highest BCUT2D eigenvalue weighted by Crippen LogP contribution is 2.20. The molecule has 0 fully saturated rings. The third kappa shape index (κ3) is 5.27. The highest BCUT2D eigenvalue weighted by atomic mass is 35.5. The Hall–Kier alpha value is -2.04. The number of aryl methyl sites for hydroxylation is 2. The van der Waals surface area contributed by atoms with E-state index in [4.69, 9.17) is 27.9 Å². The van der Waals surface area contributed by atoms with E-state index in [0.29, 0.717) is 21.4 Å². The van der Waals surface area contributed by atoms with E-state index in [1.54, 1.807) is 18.2 Å². The van der Waals surface area contributed by atoms with Crippen LogP contribution in [0.15, 0.2) is 41.5 Å². The molecule has 0 aliphatic rings. The van der Waals surface area contributed by atoms with Gasteiger partial charge in [-0.3, -0.25) is 4.79 Å². The van der Waals surface area contributed by atoms with Crippen LogP contribution in [0.3, 0.4) is 0 Å². The molecule has 0 radical (unpaired) electrons. The number of nitrogens with one attached hydrogen (secondary N) is 1. The molecule has 0 bridgehead atoms. The number of nitrogens with zero attached hydrogens (tertiary/aromatic N) is 1. The number of rotatable bonds is 5. The van der Waals surface area contributed by atoms with Gasteiger partial charge in [-0.05, 0) is 43.2 Å². The zero-order chi connectivity index (χ0) is 16.8. The van der Waals surface area contributed by atoms with Crippen LogP contribution in [0.4, 0.5) is 0 Å². The number of hydrazone groups is 1. The molecule has 23 heavy (non-hydrogen) atoms. The van der Waals surface area contributed by atoms with Crippen molar-refractivity contribution in [1.29, 1.82) is 0 Å². The standard InChI is InChI=1S/C17H16Cl2N2O2/c1-11-3-4-12(2)16(7-11)23-10-17(22)21-20-9-13-5-6-14(18)8-15(13)19/h3-9H,10H2,1-2H3,(H,21,22)/b20-9-. The summed E-state index contributed by atoms with van der Waals surface area (Å²) in [5.41, 5.74) is 5.09. The first-order valence-corrected chi connectivity index (χ1v) is 7.68. The molecular weight excluding hydrogens is 335 g/mol. The predicted molar refractivity (Wildman–Crippen MR) is 93.6 cm³/mol. The van der Waals surface area contributed by atoms with Crippen LogP contribution in [-0.4, -0.2) is 18.7 Å². The van der Waals surface area contributed by atoms with E-state index < -0.39 is 0 Å². The van der Waals surface area contributed by atoms with E-state index in [1.165, 1.54) is 6.21 Å². The summed E-state index contributed by atoms with van der Waals surface area (Å²) in [6.07, 6.45) is 1.45. The van der Waals surface area contributed by atoms with Crippen molar-refractivity contribution in [3.63, 3.8) is 0 Å². The van der Waals surface area contributed by atoms with E-state index in [1.807, 2.05) is 32.0 Å². The van der Waals surface area contributed by atoms with Crippen molar-refractivity contribution >= 4 is 35.3 Å². The number of hydrogen-bond donors (Lipinski definition) is 1. The summed E-state index contributed by atoms with van der Waals surface area (Å²) in [7, 11) is 0. The second kappa shape index (κ2) is 7.99. The first-order chi connectivity index (χ1) is 11.0. The molecular formula is C17H16Cl2N2O2. The Morgan fingerprint density at radius 1 is 1.22 bits per heavy atom. The monoisotopic (exact) mass is 350 g/mol. The molecule has 1 N–H and O–H groups in total. The minimum atomic E-state index is -0.354. The number of hydrogen-bond acceptors (Lipinski definition) is 3. The van der Waals surface area contributed by atoms with Gasteiger partial charge >= 0.3 is 0 Å². The minimum Gasteiger partial charge on any atom is -0.483 e. The highest BCUT2D eigenvalue weighted by molar-refractivity contribution is 6.36. The van der Waals surface area contributed by atoms with Crippen molar-refractivity contribution in [1.82, 2.24) is 5.43 Å². The molecule has 0 aliphatic carbocycles. The first kappa shape index (κ1) is 17.3. The van der Waals surface area contributed by atoms with Crippen LogP contribution in [0.5, 0.6) is 5.75 Å². The lowest BCUT2D eigenvalue weighted by Gasteiger charge is -2.08. The molecule has 0 unspecified atom stereocenters. The molecule has 0 spiro atoms. The molecule has 0 heterocycles. The molecule has 2 rings (SSSR count). The van der Waals surface area contributed by atoms with Gasteiger partial charge < -0.3 is 4.74 Å². The number of carbonyl (C=O) groups is 1. The SMILES string of the molecule is Cc1ccc(C)c(OCC(=O)N/N=C\c2ccc(Cl)cc2Cl)c1. The number of benzene rings is 2. The van der Waals surface area contributed by atoms with E-state index >= 15 is 0 Å². The fourth-order valence-corrected chi connectivity index (χ4v) is 2.28. The van der Waals surface area contributed by atoms with Crippen LogP contribution in [0.25, 0.3) is 0 Å². The Balaban J connectivity index is 1.87. The average Bonchev–Trinajstić information content (AvgIpc) is 2.50. The van der Waals surface area contributed by atoms with Gasteiger partial charge in [-0.2, -0.15) is 5.10 Å². The van der Waals surface area contributed by atoms with Crippen molar-refractivity contribution in [2.75, 3.05) is 6.61 Å². The maximum absolute atomic E-state index is 11.7. The number of amides is 1. The van der Waals surface area contributed by atoms with Gasteiger partial charge in [-0.25, -0.2) is 5.43 Å². The van der Waals surface area contributed by atoms with Crippen molar-refractivity contribution in [2.45, 2.75) is 13.8 Å². The summed E-state index contributed by atoms with van der Waals surface area (Å²) in [6.45, 7) is 3.77. The third-order valence-corrected chi connectivity index (χ3v) is 3.62. The predicted octanol–water partition coefficient (Wildman–Crippen LogP) is 4.14. The van der Waals surface area contributed by atoms with Crippen LogP contribution in [0.1, 0.15) is 16.7 Å². The fraction of sp³-hybridized carbons (Fsp3) is 0.176. The topological polar surface area (TPSA) is 50.7 Å². The zero-order valence-electron chi connectivity index (χ0n) is 12.8. The van der Waals surface area contributed by atoms with Gasteiger partial charge in [-0.15, -0.1) is 0 Å². The lowest BCUT2D eigenvalue weighted by atomic mass is 10.1. The molecule has 0 saturated carbocycles. The van der Waals surface area contributed by atoms with Crippen molar-refractivity contribution in [3.05, 3.63) is 63.1 Å². The van der Waals surface area contributed by atoms with Crippen LogP contribution in [-0.2, 0) is 4.79 Å². The van der Waals surface area contributed by atoms with Gasteiger partial charge in [0, 0.05) is 10.6 Å². The van der Waals surface area contributed by atoms with Gasteiger partial charge in [0.05, 0.1) is 11.2 Å². The Bertz CT molecular complexity index is 745. The normalized spacial score (nSPS) is 10.8. The zero-order valence-corrected chi connectivity index (χ0v) is 14.3. The maximum Gasteiger partial charge on any atom is 0.277 e. The summed E-state index contributed by atoms with van der Waals surface area (Å²) in [4.78, 5) is 11.7. The molecule has 4 nitrogen and oxygen atoms in total. The molecule has 0 atom stereocenters. The van der Waals surface area contributed by atoms with Gasteiger partial charge in [0.1, 0.15) is 5.75 Å². The average molecular weight is 351 g/mol. The largest absolute Gasteiger partial charge is 0.483 e. The quantitative estimate of drug-likeness (QED) is 0.650. The summed E-state index contributed by atoms with van der Waals surface area (Å²) in [5, 5.41) is 4.85. The molecule has 0 saturated heterocycles. The Labute approximate surface area is 145 Å². The summed E-state index contributed by atoms with van der Waals surface area (Å²) < 4.78 is 5.49. The number of ether oxygens (including phenoxy) is 1. The van der Waals surface area contributed by atoms with Gasteiger partial charge in [0.2, 0.25) is 0 Å². The van der Waals surface area contributed by atoms with Crippen LogP contribution in [0, 0.1) is 13.8 Å². The van der Waals surface area contributed by atoms with Gasteiger partial charge in [0.25, 0.3) is 5.91 Å². The molecule has 120 valence electrons. The lowest BCUT2D eigenvalue weighted by molar-refractivity contribution is -0.123. The second-order valence-electron chi connectivity index (χ2n) is 5.02. The minimum absolute atomic E-state index is 0.115. The summed E-state index contributed by atoms with van der Waals surface area (Å²) in [6, 6.07) is 10.8. The summed E-state index contributed by atoms with van der Waals surface area (Å²) >= 11 is 11.8. The van der Waals surface area contributed by atoms with Gasteiger partial charge in [0.15, 0.2) is 6.61 Å². The lowest BCUT2D eigenvalue weighted by Crippen LogP contribution is -2.24. The highest BCUT2D eigenvalue weighted by Gasteiger charge is 2.04. The number of halogens is 2. The first-order valence-electron chi connectivity index (χ1n) is 6.92. The van der Waals surface area contributed by atoms with E-state index in [2.05, 4.69) is 10.5 Å². The van der Waals surface area contributed by atoms with Crippen molar-refractivity contribution < 1.29 is 9.53 Å². The molecule has 2 aromatic rings. The van der Waals surface area contributed by atoms with E-state index in [-0.39, 0.29) is 12.5 Å². The Morgan fingerprint density at radius 2 is 2.00 bits per heavy atom. The molecule has 0 aliphatic heterocycles. The molecule has 2 aromatic carbocycles. The van der Waals surface area contributed by atoms with Crippen LogP contribution >= 0.6 is 23.2 Å². The van der Waals surface area contributed by atoms with Gasteiger partial charge in [-0.1, -0.05) is 41.4 Å². The Kier molecular flexibility index (Phi) is 6.02. The van der Waals surface area contributed by atoms with Crippen molar-refractivity contribution in [2.24, 2.45) is 5.10 Å². The molecule has 6 heteroatoms. The molecule has 0 aromatic heterocycles. The van der Waals surface area contributed by atoms with Crippen LogP contribution < -0.4 is 10.2 Å². The van der Waals surface area contributed by atoms with E-state index in [0.717, 1.165) is 11.1 Å². The van der Waals surface area contributed by atoms with E-state index in [9.17, 15) is 4.79 Å². The van der Waals surface area contributed by atoms with Crippen molar-refractivity contribution in [3.8, 4) is 5.75 Å². The third-order valence-electron chi connectivity index (χ3n) is 3.06. The molecule has 1 amide bonds. The summed E-state index contributed by atoms with van der Waals surface area (Å²) in [5.74, 6) is 0.331. The number of carbonyl (C=O) groups excluding carboxylic acids is 1. The Morgan fingerprint density at radius 3 is 2.74 bits per heavy atom. The fourth-order valence-electron chi connectivity index (χ4n) is 1.82. The van der Waals surface area contributed by atoms with Crippen LogP contribution in [0.2, 0.25) is 10.0 Å². The maximum atomic E-state index is 11.7. The second-order valence-corrected chi connectivity index (χ2v) is 5.86. The smallest absolute Gasteiger partial charge is 0.277 e.